The minimum atomic E-state index is -3.42. The Morgan fingerprint density at radius 2 is 1.76 bits per heavy atom. The number of aliphatic imine (C=N–C) groups is 1. The van der Waals surface area contributed by atoms with Crippen LogP contribution in [0.4, 0.5) is 4.79 Å². The van der Waals surface area contributed by atoms with Gasteiger partial charge >= 0.3 is 6.09 Å². The van der Waals surface area contributed by atoms with E-state index in [1.54, 1.807) is 11.8 Å². The highest BCUT2D eigenvalue weighted by Crippen LogP contribution is 2.05. The summed E-state index contributed by atoms with van der Waals surface area (Å²) >= 11 is 0. The Morgan fingerprint density at radius 3 is 2.38 bits per heavy atom. The van der Waals surface area contributed by atoms with Gasteiger partial charge in [0, 0.05) is 39.3 Å². The van der Waals surface area contributed by atoms with Gasteiger partial charge in [-0.1, -0.05) is 30.3 Å². The molecule has 0 spiro atoms. The number of piperazine rings is 1. The van der Waals surface area contributed by atoms with Crippen LogP contribution in [0.25, 0.3) is 0 Å². The molecule has 10 heteroatoms. The Bertz CT molecular complexity index is 762. The van der Waals surface area contributed by atoms with Crippen molar-refractivity contribution in [1.29, 1.82) is 0 Å². The molecule has 0 aromatic heterocycles. The van der Waals surface area contributed by atoms with Crippen molar-refractivity contribution >= 4 is 22.1 Å². The molecule has 0 bridgehead atoms. The third-order valence-electron chi connectivity index (χ3n) is 4.40. The van der Waals surface area contributed by atoms with Crippen molar-refractivity contribution in [2.45, 2.75) is 20.4 Å². The van der Waals surface area contributed by atoms with E-state index >= 15 is 0 Å². The first-order chi connectivity index (χ1) is 13.9. The van der Waals surface area contributed by atoms with Crippen LogP contribution in [0.15, 0.2) is 35.3 Å². The van der Waals surface area contributed by atoms with Crippen LogP contribution >= 0.6 is 0 Å². The lowest BCUT2D eigenvalue weighted by Gasteiger charge is -2.35. The maximum atomic E-state index is 12.2. The number of hydrogen-bond donors (Lipinski definition) is 2. The van der Waals surface area contributed by atoms with E-state index in [1.807, 2.05) is 42.2 Å². The van der Waals surface area contributed by atoms with Crippen molar-refractivity contribution < 1.29 is 17.9 Å². The fourth-order valence-electron chi connectivity index (χ4n) is 2.87. The van der Waals surface area contributed by atoms with E-state index < -0.39 is 10.0 Å². The minimum Gasteiger partial charge on any atom is -0.450 e. The van der Waals surface area contributed by atoms with E-state index in [2.05, 4.69) is 15.0 Å². The van der Waals surface area contributed by atoms with Crippen molar-refractivity contribution in [3.8, 4) is 0 Å². The number of nitrogens with one attached hydrogen (secondary N) is 2. The number of carbonyl (C=O) groups is 1. The lowest BCUT2D eigenvalue weighted by Crippen LogP contribution is -2.54. The molecule has 2 rings (SSSR count). The monoisotopic (exact) mass is 425 g/mol. The highest BCUT2D eigenvalue weighted by molar-refractivity contribution is 7.89. The van der Waals surface area contributed by atoms with E-state index in [1.165, 1.54) is 0 Å². The molecule has 0 saturated carbocycles. The summed E-state index contributed by atoms with van der Waals surface area (Å²) in [6.07, 6.45) is -0.301. The van der Waals surface area contributed by atoms with Crippen LogP contribution in [0.1, 0.15) is 19.4 Å². The highest BCUT2D eigenvalue weighted by Gasteiger charge is 2.23. The second-order valence-electron chi connectivity index (χ2n) is 6.53. The van der Waals surface area contributed by atoms with Gasteiger partial charge in [-0.3, -0.25) is 4.99 Å². The number of ether oxygens (including phenoxy) is 1. The Morgan fingerprint density at radius 1 is 1.10 bits per heavy atom. The Labute approximate surface area is 173 Å². The van der Waals surface area contributed by atoms with Gasteiger partial charge in [0.05, 0.1) is 18.9 Å². The molecule has 1 amide bonds. The quantitative estimate of drug-likeness (QED) is 0.473. The zero-order chi connectivity index (χ0) is 21.1. The average Bonchev–Trinajstić information content (AvgIpc) is 2.73. The molecule has 1 aromatic rings. The number of hydrogen-bond acceptors (Lipinski definition) is 5. The van der Waals surface area contributed by atoms with Crippen LogP contribution in [0.3, 0.4) is 0 Å². The minimum absolute atomic E-state index is 0.0858. The number of carbonyl (C=O) groups excluding carboxylic acids is 1. The van der Waals surface area contributed by atoms with Crippen LogP contribution < -0.4 is 10.0 Å². The van der Waals surface area contributed by atoms with Gasteiger partial charge in [0.15, 0.2) is 5.96 Å². The van der Waals surface area contributed by atoms with E-state index in [0.29, 0.717) is 45.3 Å². The summed E-state index contributed by atoms with van der Waals surface area (Å²) < 4.78 is 32.1. The molecule has 1 aliphatic heterocycles. The van der Waals surface area contributed by atoms with Crippen LogP contribution in [0.5, 0.6) is 0 Å². The molecule has 9 nitrogen and oxygen atoms in total. The predicted octanol–water partition coefficient (Wildman–Crippen LogP) is 0.846. The number of amides is 1. The summed E-state index contributed by atoms with van der Waals surface area (Å²) in [7, 11) is -3.42. The van der Waals surface area contributed by atoms with E-state index in [-0.39, 0.29) is 24.9 Å². The van der Waals surface area contributed by atoms with Crippen molar-refractivity contribution in [3.63, 3.8) is 0 Å². The Kier molecular flexibility index (Phi) is 9.20. The largest absolute Gasteiger partial charge is 0.450 e. The molecule has 1 saturated heterocycles. The van der Waals surface area contributed by atoms with Crippen molar-refractivity contribution in [2.24, 2.45) is 4.99 Å². The Balaban J connectivity index is 1.84. The molecule has 1 aliphatic rings. The van der Waals surface area contributed by atoms with Gasteiger partial charge in [0.25, 0.3) is 0 Å². The second-order valence-corrected chi connectivity index (χ2v) is 8.46. The van der Waals surface area contributed by atoms with Crippen LogP contribution in [0.2, 0.25) is 0 Å². The van der Waals surface area contributed by atoms with Gasteiger partial charge in [-0.25, -0.2) is 17.9 Å². The zero-order valence-corrected chi connectivity index (χ0v) is 18.0. The lowest BCUT2D eigenvalue weighted by molar-refractivity contribution is 0.0914. The first-order valence-corrected chi connectivity index (χ1v) is 11.6. The van der Waals surface area contributed by atoms with Crippen molar-refractivity contribution in [2.75, 3.05) is 51.6 Å². The van der Waals surface area contributed by atoms with Crippen molar-refractivity contribution in [3.05, 3.63) is 35.9 Å². The molecule has 0 radical (unpaired) electrons. The fourth-order valence-corrected chi connectivity index (χ4v) is 3.74. The van der Waals surface area contributed by atoms with E-state index in [4.69, 9.17) is 4.74 Å². The van der Waals surface area contributed by atoms with Gasteiger partial charge in [-0.05, 0) is 19.4 Å². The van der Waals surface area contributed by atoms with Gasteiger partial charge in [-0.2, -0.15) is 0 Å². The molecule has 1 aromatic carbocycles. The summed E-state index contributed by atoms with van der Waals surface area (Å²) in [5.74, 6) is 0.576. The number of nitrogens with zero attached hydrogens (tertiary/aromatic N) is 3. The molecule has 0 unspecified atom stereocenters. The number of sulfonamides is 1. The van der Waals surface area contributed by atoms with Crippen LogP contribution in [-0.2, 0) is 21.3 Å². The van der Waals surface area contributed by atoms with Gasteiger partial charge < -0.3 is 19.9 Å². The summed E-state index contributed by atoms with van der Waals surface area (Å²) in [4.78, 5) is 20.0. The Hall–Kier alpha value is -2.33. The summed E-state index contributed by atoms with van der Waals surface area (Å²) in [5.41, 5.74) is 0.910. The molecule has 2 N–H and O–H groups in total. The molecular weight excluding hydrogens is 394 g/mol. The predicted molar refractivity (Wildman–Crippen MR) is 113 cm³/mol. The highest BCUT2D eigenvalue weighted by atomic mass is 32.2. The van der Waals surface area contributed by atoms with Crippen LogP contribution in [0, 0.1) is 0 Å². The summed E-state index contributed by atoms with van der Waals surface area (Å²) in [5, 5.41) is 3.19. The standard InChI is InChI=1S/C19H31N5O4S/c1-3-20-18(23-11-13-24(14-12-23)19(25)28-4-2)21-10-15-29(26,27)22-16-17-8-6-5-7-9-17/h5-9,22H,3-4,10-16H2,1-2H3,(H,20,21). The van der Waals surface area contributed by atoms with Gasteiger partial charge in [-0.15, -0.1) is 0 Å². The maximum absolute atomic E-state index is 12.2. The second kappa shape index (κ2) is 11.6. The molecule has 162 valence electrons. The van der Waals surface area contributed by atoms with Gasteiger partial charge in [0.2, 0.25) is 10.0 Å². The molecule has 29 heavy (non-hydrogen) atoms. The average molecular weight is 426 g/mol. The van der Waals surface area contributed by atoms with Crippen molar-refractivity contribution in [1.82, 2.24) is 19.8 Å². The van der Waals surface area contributed by atoms with Gasteiger partial charge in [0.1, 0.15) is 0 Å². The first-order valence-electron chi connectivity index (χ1n) is 9.91. The van der Waals surface area contributed by atoms with E-state index in [0.717, 1.165) is 5.56 Å². The van der Waals surface area contributed by atoms with Crippen LogP contribution in [-0.4, -0.2) is 81.9 Å². The SMILES string of the molecule is CCNC(=NCCS(=O)(=O)NCc1ccccc1)N1CCN(C(=O)OCC)CC1. The lowest BCUT2D eigenvalue weighted by atomic mass is 10.2. The number of rotatable bonds is 8. The normalized spacial score (nSPS) is 15.3. The molecule has 1 fully saturated rings. The third-order valence-corrected chi connectivity index (χ3v) is 5.70. The number of benzene rings is 1. The molecular formula is C19H31N5O4S. The summed E-state index contributed by atoms with van der Waals surface area (Å²) in [6.45, 7) is 7.52. The summed E-state index contributed by atoms with van der Waals surface area (Å²) in [6, 6.07) is 9.39. The fraction of sp³-hybridized carbons (Fsp3) is 0.579. The maximum Gasteiger partial charge on any atom is 0.409 e. The zero-order valence-electron chi connectivity index (χ0n) is 17.1. The molecule has 1 heterocycles. The smallest absolute Gasteiger partial charge is 0.409 e. The third kappa shape index (κ3) is 7.90. The molecule has 0 atom stereocenters. The first kappa shape index (κ1) is 23.0. The van der Waals surface area contributed by atoms with E-state index in [9.17, 15) is 13.2 Å². The topological polar surface area (TPSA) is 103 Å². The number of guanidine groups is 1. The molecule has 0 aliphatic carbocycles.